The zero-order valence-corrected chi connectivity index (χ0v) is 15.2. The molecular weight excluding hydrogens is 412 g/mol. The van der Waals surface area contributed by atoms with Crippen LogP contribution < -0.4 is 10.6 Å². The van der Waals surface area contributed by atoms with Crippen molar-refractivity contribution in [2.45, 2.75) is 39.8 Å². The van der Waals surface area contributed by atoms with Crippen molar-refractivity contribution in [2.75, 3.05) is 19.6 Å². The number of aromatic nitrogens is 1. The molecule has 0 bridgehead atoms. The van der Waals surface area contributed by atoms with E-state index in [2.05, 4.69) is 20.8 Å². The van der Waals surface area contributed by atoms with Gasteiger partial charge in [0.1, 0.15) is 5.76 Å². The molecule has 1 heterocycles. The average Bonchev–Trinajstić information content (AvgIpc) is 2.69. The molecule has 0 atom stereocenters. The van der Waals surface area contributed by atoms with Crippen molar-refractivity contribution in [2.24, 2.45) is 4.99 Å². The quantitative estimate of drug-likeness (QED) is 0.411. The summed E-state index contributed by atoms with van der Waals surface area (Å²) in [5.41, 5.74) is 1.84. The van der Waals surface area contributed by atoms with Crippen molar-refractivity contribution in [3.63, 3.8) is 0 Å². The van der Waals surface area contributed by atoms with Crippen molar-refractivity contribution in [1.82, 2.24) is 15.8 Å². The minimum Gasteiger partial charge on any atom is -0.361 e. The highest BCUT2D eigenvalue weighted by atomic mass is 127. The fourth-order valence-corrected chi connectivity index (χ4v) is 1.80. The van der Waals surface area contributed by atoms with Gasteiger partial charge >= 0.3 is 6.18 Å². The summed E-state index contributed by atoms with van der Waals surface area (Å²) < 4.78 is 41.3. The van der Waals surface area contributed by atoms with E-state index in [-0.39, 0.29) is 30.5 Å². The van der Waals surface area contributed by atoms with Crippen LogP contribution in [-0.2, 0) is 6.42 Å². The van der Waals surface area contributed by atoms with E-state index in [0.29, 0.717) is 25.5 Å². The van der Waals surface area contributed by atoms with Crippen molar-refractivity contribution in [3.8, 4) is 0 Å². The molecule has 0 aliphatic carbocycles. The molecule has 0 radical (unpaired) electrons. The van der Waals surface area contributed by atoms with Gasteiger partial charge in [-0.15, -0.1) is 24.0 Å². The summed E-state index contributed by atoms with van der Waals surface area (Å²) in [6.07, 6.45) is -4.43. The molecule has 1 aromatic heterocycles. The van der Waals surface area contributed by atoms with E-state index < -0.39 is 12.6 Å². The average molecular weight is 434 g/mol. The van der Waals surface area contributed by atoms with Crippen LogP contribution in [-0.4, -0.2) is 36.9 Å². The summed E-state index contributed by atoms with van der Waals surface area (Å²) in [5, 5.41) is 9.77. The molecule has 22 heavy (non-hydrogen) atoms. The molecule has 1 rings (SSSR count). The Kier molecular flexibility index (Phi) is 9.45. The lowest BCUT2D eigenvalue weighted by Crippen LogP contribution is -2.38. The highest BCUT2D eigenvalue weighted by Crippen LogP contribution is 2.18. The number of halogens is 4. The maximum absolute atomic E-state index is 12.1. The van der Waals surface area contributed by atoms with Crippen LogP contribution in [0.25, 0.3) is 0 Å². The number of hydrogen-bond acceptors (Lipinski definition) is 3. The van der Waals surface area contributed by atoms with Crippen LogP contribution in [0.3, 0.4) is 0 Å². The molecule has 5 nitrogen and oxygen atoms in total. The van der Waals surface area contributed by atoms with Gasteiger partial charge in [0.15, 0.2) is 5.96 Å². The molecule has 9 heteroatoms. The Morgan fingerprint density at radius 1 is 1.27 bits per heavy atom. The zero-order valence-electron chi connectivity index (χ0n) is 12.9. The van der Waals surface area contributed by atoms with Crippen LogP contribution in [0.5, 0.6) is 0 Å². The Balaban J connectivity index is 0.00000441. The largest absolute Gasteiger partial charge is 0.390 e. The number of aliphatic imine (C=N–C) groups is 1. The Morgan fingerprint density at radius 2 is 1.95 bits per heavy atom. The molecule has 0 amide bonds. The Bertz CT molecular complexity index is 455. The monoisotopic (exact) mass is 434 g/mol. The normalized spacial score (nSPS) is 12.0. The lowest BCUT2D eigenvalue weighted by Gasteiger charge is -2.11. The van der Waals surface area contributed by atoms with E-state index in [9.17, 15) is 13.2 Å². The Labute approximate surface area is 145 Å². The molecule has 128 valence electrons. The van der Waals surface area contributed by atoms with Gasteiger partial charge in [0, 0.05) is 18.7 Å². The van der Waals surface area contributed by atoms with Gasteiger partial charge < -0.3 is 15.2 Å². The summed E-state index contributed by atoms with van der Waals surface area (Å²) in [6, 6.07) is 0. The third-order valence-corrected chi connectivity index (χ3v) is 2.86. The van der Waals surface area contributed by atoms with Gasteiger partial charge in [-0.2, -0.15) is 13.2 Å². The van der Waals surface area contributed by atoms with Gasteiger partial charge in [-0.05, 0) is 27.2 Å². The van der Waals surface area contributed by atoms with Crippen LogP contribution in [0.2, 0.25) is 0 Å². The highest BCUT2D eigenvalue weighted by Gasteiger charge is 2.26. The lowest BCUT2D eigenvalue weighted by molar-refractivity contribution is -0.132. The van der Waals surface area contributed by atoms with E-state index in [0.717, 1.165) is 17.0 Å². The predicted molar refractivity (Wildman–Crippen MR) is 89.7 cm³/mol. The summed E-state index contributed by atoms with van der Waals surface area (Å²) in [7, 11) is 0. The first-order valence-corrected chi connectivity index (χ1v) is 6.84. The second-order valence-corrected chi connectivity index (χ2v) is 4.61. The van der Waals surface area contributed by atoms with Crippen LogP contribution >= 0.6 is 24.0 Å². The summed E-state index contributed by atoms with van der Waals surface area (Å²) in [4.78, 5) is 3.90. The third kappa shape index (κ3) is 7.85. The first-order valence-electron chi connectivity index (χ1n) is 6.84. The van der Waals surface area contributed by atoms with E-state index in [1.165, 1.54) is 0 Å². The van der Waals surface area contributed by atoms with Gasteiger partial charge in [0.2, 0.25) is 0 Å². The second kappa shape index (κ2) is 9.90. The van der Waals surface area contributed by atoms with Crippen molar-refractivity contribution in [1.29, 1.82) is 0 Å². The van der Waals surface area contributed by atoms with Gasteiger partial charge in [-0.1, -0.05) is 5.16 Å². The summed E-state index contributed by atoms with van der Waals surface area (Å²) >= 11 is 0. The molecule has 0 unspecified atom stereocenters. The fraction of sp³-hybridized carbons (Fsp3) is 0.692. The number of aryl methyl sites for hydroxylation is 2. The molecule has 1 aromatic rings. The number of rotatable bonds is 6. The Morgan fingerprint density at radius 3 is 2.45 bits per heavy atom. The topological polar surface area (TPSA) is 62.5 Å². The van der Waals surface area contributed by atoms with Crippen LogP contribution in [0.4, 0.5) is 13.2 Å². The minimum atomic E-state index is -4.18. The maximum atomic E-state index is 12.1. The summed E-state index contributed by atoms with van der Waals surface area (Å²) in [6.45, 7) is 6.38. The van der Waals surface area contributed by atoms with E-state index in [1.54, 1.807) is 0 Å². The van der Waals surface area contributed by atoms with Crippen molar-refractivity contribution < 1.29 is 17.7 Å². The number of guanidine groups is 1. The fourth-order valence-electron chi connectivity index (χ4n) is 1.80. The maximum Gasteiger partial charge on any atom is 0.390 e. The smallest absolute Gasteiger partial charge is 0.361 e. The van der Waals surface area contributed by atoms with Gasteiger partial charge in [-0.3, -0.25) is 4.99 Å². The molecule has 0 aliphatic rings. The molecule has 0 aromatic carbocycles. The van der Waals surface area contributed by atoms with Crippen LogP contribution in [0.15, 0.2) is 9.52 Å². The first-order chi connectivity index (χ1) is 9.83. The molecule has 0 aliphatic heterocycles. The van der Waals surface area contributed by atoms with Gasteiger partial charge in [0.25, 0.3) is 0 Å². The van der Waals surface area contributed by atoms with E-state index in [1.807, 2.05) is 20.8 Å². The summed E-state index contributed by atoms with van der Waals surface area (Å²) in [5.74, 6) is 1.14. The SMILES string of the molecule is CCNC(=NCCC(F)(F)F)NCCc1c(C)noc1C.I. The first kappa shape index (κ1) is 21.0. The molecule has 0 spiro atoms. The van der Waals surface area contributed by atoms with Gasteiger partial charge in [0.05, 0.1) is 18.7 Å². The molecule has 2 N–H and O–H groups in total. The van der Waals surface area contributed by atoms with Crippen LogP contribution in [0.1, 0.15) is 30.4 Å². The lowest BCUT2D eigenvalue weighted by atomic mass is 10.1. The van der Waals surface area contributed by atoms with Crippen molar-refractivity contribution in [3.05, 3.63) is 17.0 Å². The van der Waals surface area contributed by atoms with Crippen molar-refractivity contribution >= 4 is 29.9 Å². The molecule has 0 saturated heterocycles. The molecule has 0 saturated carbocycles. The number of alkyl halides is 3. The number of nitrogens with zero attached hydrogens (tertiary/aromatic N) is 2. The Hall–Kier alpha value is -1.00. The highest BCUT2D eigenvalue weighted by molar-refractivity contribution is 14.0. The van der Waals surface area contributed by atoms with Gasteiger partial charge in [-0.25, -0.2) is 0 Å². The van der Waals surface area contributed by atoms with E-state index >= 15 is 0 Å². The zero-order chi connectivity index (χ0) is 15.9. The van der Waals surface area contributed by atoms with Crippen LogP contribution in [0, 0.1) is 13.8 Å². The number of hydrogen-bond donors (Lipinski definition) is 2. The third-order valence-electron chi connectivity index (χ3n) is 2.86. The minimum absolute atomic E-state index is 0. The molecular formula is C13H22F3IN4O. The number of nitrogens with one attached hydrogen (secondary N) is 2. The second-order valence-electron chi connectivity index (χ2n) is 4.61. The van der Waals surface area contributed by atoms with E-state index in [4.69, 9.17) is 4.52 Å². The predicted octanol–water partition coefficient (Wildman–Crippen LogP) is 2.96. The molecule has 0 fully saturated rings. The standard InChI is InChI=1S/C13H21F3N4O.HI/c1-4-17-12(19-8-6-13(14,15)16)18-7-5-11-9(2)20-21-10(11)3;/h4-8H2,1-3H3,(H2,17,18,19);1H.